The van der Waals surface area contributed by atoms with Crippen LogP contribution in [0.5, 0.6) is 0 Å². The van der Waals surface area contributed by atoms with Gasteiger partial charge in [0.25, 0.3) is 10.0 Å². The number of aryl methyl sites for hydroxylation is 1. The molecule has 0 spiro atoms. The van der Waals surface area contributed by atoms with Gasteiger partial charge in [-0.3, -0.25) is 4.79 Å². The molecular formula is C16H20N2O4S2. The second-order valence-corrected chi connectivity index (χ2v) is 9.32. The molecule has 1 aliphatic rings. The number of carbonyl (C=O) groups is 1. The number of amides is 1. The van der Waals surface area contributed by atoms with Crippen LogP contribution in [-0.2, 0) is 21.4 Å². The fourth-order valence-corrected chi connectivity index (χ4v) is 5.75. The average molecular weight is 368 g/mol. The summed E-state index contributed by atoms with van der Waals surface area (Å²) in [6.07, 6.45) is 2.93. The zero-order chi connectivity index (χ0) is 17.2. The van der Waals surface area contributed by atoms with Crippen molar-refractivity contribution in [2.45, 2.75) is 30.5 Å². The van der Waals surface area contributed by atoms with Crippen LogP contribution in [0.25, 0.3) is 0 Å². The number of furan rings is 1. The highest BCUT2D eigenvalue weighted by molar-refractivity contribution is 7.91. The number of sulfonamides is 1. The quantitative estimate of drug-likeness (QED) is 0.879. The first-order valence-corrected chi connectivity index (χ1v) is 10.1. The Hall–Kier alpha value is -1.64. The summed E-state index contributed by atoms with van der Waals surface area (Å²) in [7, 11) is -3.51. The van der Waals surface area contributed by atoms with E-state index < -0.39 is 10.0 Å². The molecule has 1 fully saturated rings. The van der Waals surface area contributed by atoms with E-state index >= 15 is 0 Å². The summed E-state index contributed by atoms with van der Waals surface area (Å²) in [6, 6.07) is 6.99. The summed E-state index contributed by atoms with van der Waals surface area (Å²) in [5, 5.41) is 2.82. The van der Waals surface area contributed by atoms with Crippen molar-refractivity contribution in [3.8, 4) is 0 Å². The number of carbonyl (C=O) groups excluding carboxylic acids is 1. The van der Waals surface area contributed by atoms with Crippen molar-refractivity contribution in [2.75, 3.05) is 13.1 Å². The second kappa shape index (κ2) is 7.08. The fourth-order valence-electron chi connectivity index (χ4n) is 2.78. The normalized spacial score (nSPS) is 19.3. The molecule has 3 rings (SSSR count). The van der Waals surface area contributed by atoms with Gasteiger partial charge in [0.1, 0.15) is 9.97 Å². The van der Waals surface area contributed by atoms with Gasteiger partial charge in [-0.05, 0) is 44.0 Å². The zero-order valence-electron chi connectivity index (χ0n) is 13.4. The second-order valence-electron chi connectivity index (χ2n) is 5.86. The zero-order valence-corrected chi connectivity index (χ0v) is 15.0. The van der Waals surface area contributed by atoms with Gasteiger partial charge in [-0.15, -0.1) is 11.3 Å². The lowest BCUT2D eigenvalue weighted by molar-refractivity contribution is -0.126. The highest BCUT2D eigenvalue weighted by Crippen LogP contribution is 2.28. The van der Waals surface area contributed by atoms with Gasteiger partial charge in [-0.25, -0.2) is 8.42 Å². The molecule has 0 radical (unpaired) electrons. The molecule has 1 saturated heterocycles. The third-order valence-corrected chi connectivity index (χ3v) is 7.41. The maximum atomic E-state index is 12.7. The maximum absolute atomic E-state index is 12.7. The Kier molecular flexibility index (Phi) is 5.07. The smallest absolute Gasteiger partial charge is 0.252 e. The number of rotatable bonds is 5. The molecule has 8 heteroatoms. The van der Waals surface area contributed by atoms with Crippen LogP contribution in [0.2, 0.25) is 0 Å². The topological polar surface area (TPSA) is 79.6 Å². The Morgan fingerprint density at radius 2 is 2.25 bits per heavy atom. The molecule has 2 aromatic rings. The summed E-state index contributed by atoms with van der Waals surface area (Å²) in [6.45, 7) is 2.88. The first-order valence-electron chi connectivity index (χ1n) is 7.83. The minimum absolute atomic E-state index is 0.131. The maximum Gasteiger partial charge on any atom is 0.252 e. The van der Waals surface area contributed by atoms with E-state index in [1.54, 1.807) is 30.5 Å². The summed E-state index contributed by atoms with van der Waals surface area (Å²) >= 11 is 1.26. The molecule has 6 nitrogen and oxygen atoms in total. The van der Waals surface area contributed by atoms with Gasteiger partial charge in [-0.1, -0.05) is 0 Å². The van der Waals surface area contributed by atoms with Crippen LogP contribution in [-0.4, -0.2) is 31.7 Å². The molecular weight excluding hydrogens is 348 g/mol. The van der Waals surface area contributed by atoms with Crippen molar-refractivity contribution in [2.24, 2.45) is 5.92 Å². The summed E-state index contributed by atoms with van der Waals surface area (Å²) < 4.78 is 32.4. The molecule has 0 aromatic carbocycles. The third kappa shape index (κ3) is 3.71. The third-order valence-electron chi connectivity index (χ3n) is 4.08. The Labute approximate surface area is 145 Å². The number of piperidine rings is 1. The van der Waals surface area contributed by atoms with Crippen molar-refractivity contribution in [3.05, 3.63) is 41.2 Å². The Bertz CT molecular complexity index is 796. The van der Waals surface area contributed by atoms with Crippen LogP contribution in [0.3, 0.4) is 0 Å². The number of nitrogens with zero attached hydrogens (tertiary/aromatic N) is 1. The Balaban J connectivity index is 1.64. The molecule has 1 unspecified atom stereocenters. The van der Waals surface area contributed by atoms with Crippen LogP contribution in [0.15, 0.2) is 39.2 Å². The van der Waals surface area contributed by atoms with Crippen molar-refractivity contribution >= 4 is 27.3 Å². The van der Waals surface area contributed by atoms with E-state index in [1.165, 1.54) is 15.6 Å². The lowest BCUT2D eigenvalue weighted by Gasteiger charge is -2.30. The minimum Gasteiger partial charge on any atom is -0.467 e. The summed E-state index contributed by atoms with van der Waals surface area (Å²) in [5.74, 6) is 0.218. The lowest BCUT2D eigenvalue weighted by atomic mass is 9.99. The molecule has 1 amide bonds. The largest absolute Gasteiger partial charge is 0.467 e. The van der Waals surface area contributed by atoms with Crippen LogP contribution in [0, 0.1) is 12.8 Å². The fraction of sp³-hybridized carbons (Fsp3) is 0.438. The van der Waals surface area contributed by atoms with Gasteiger partial charge in [0.15, 0.2) is 0 Å². The first-order chi connectivity index (χ1) is 11.5. The molecule has 1 atom stereocenters. The molecule has 3 heterocycles. The SMILES string of the molecule is Cc1ccc(S(=O)(=O)N2CCCC(C(=O)NCc3ccco3)C2)s1. The van der Waals surface area contributed by atoms with Crippen LogP contribution < -0.4 is 5.32 Å². The van der Waals surface area contributed by atoms with E-state index in [9.17, 15) is 13.2 Å². The molecule has 24 heavy (non-hydrogen) atoms. The standard InChI is InChI=1S/C16H20N2O4S2/c1-12-6-7-15(23-12)24(20,21)18-8-2-4-13(11-18)16(19)17-10-14-5-3-9-22-14/h3,5-7,9,13H,2,4,8,10-11H2,1H3,(H,17,19). The molecule has 0 bridgehead atoms. The lowest BCUT2D eigenvalue weighted by Crippen LogP contribution is -2.45. The highest BCUT2D eigenvalue weighted by Gasteiger charge is 2.33. The predicted molar refractivity (Wildman–Crippen MR) is 91.1 cm³/mol. The molecule has 130 valence electrons. The van der Waals surface area contributed by atoms with Gasteiger partial charge in [-0.2, -0.15) is 4.31 Å². The number of hydrogen-bond donors (Lipinski definition) is 1. The summed E-state index contributed by atoms with van der Waals surface area (Å²) in [5.41, 5.74) is 0. The molecule has 0 saturated carbocycles. The average Bonchev–Trinajstić information content (AvgIpc) is 3.24. The number of thiophene rings is 1. The predicted octanol–water partition coefficient (Wildman–Crippen LogP) is 2.37. The molecule has 0 aliphatic carbocycles. The molecule has 1 aliphatic heterocycles. The van der Waals surface area contributed by atoms with Gasteiger partial charge in [0.05, 0.1) is 18.7 Å². The van der Waals surface area contributed by atoms with E-state index in [2.05, 4.69) is 5.32 Å². The monoisotopic (exact) mass is 368 g/mol. The van der Waals surface area contributed by atoms with E-state index in [4.69, 9.17) is 4.42 Å². The van der Waals surface area contributed by atoms with Gasteiger partial charge < -0.3 is 9.73 Å². The number of nitrogens with one attached hydrogen (secondary N) is 1. The van der Waals surface area contributed by atoms with Crippen molar-refractivity contribution in [3.63, 3.8) is 0 Å². The van der Waals surface area contributed by atoms with Crippen molar-refractivity contribution in [1.82, 2.24) is 9.62 Å². The van der Waals surface area contributed by atoms with Gasteiger partial charge in [0, 0.05) is 18.0 Å². The highest BCUT2D eigenvalue weighted by atomic mass is 32.2. The van der Waals surface area contributed by atoms with E-state index in [0.717, 1.165) is 4.88 Å². The number of hydrogen-bond acceptors (Lipinski definition) is 5. The van der Waals surface area contributed by atoms with E-state index in [-0.39, 0.29) is 18.4 Å². The summed E-state index contributed by atoms with van der Waals surface area (Å²) in [4.78, 5) is 13.3. The molecule has 2 aromatic heterocycles. The van der Waals surface area contributed by atoms with Crippen molar-refractivity contribution in [1.29, 1.82) is 0 Å². The molecule has 1 N–H and O–H groups in total. The Morgan fingerprint density at radius 3 is 2.92 bits per heavy atom. The first kappa shape index (κ1) is 17.2. The van der Waals surface area contributed by atoms with E-state index in [1.807, 2.05) is 6.92 Å². The minimum atomic E-state index is -3.51. The van der Waals surface area contributed by atoms with Crippen LogP contribution >= 0.6 is 11.3 Å². The van der Waals surface area contributed by atoms with Crippen molar-refractivity contribution < 1.29 is 17.6 Å². The van der Waals surface area contributed by atoms with Crippen LogP contribution in [0.1, 0.15) is 23.5 Å². The van der Waals surface area contributed by atoms with E-state index in [0.29, 0.717) is 35.9 Å². The van der Waals surface area contributed by atoms with Gasteiger partial charge >= 0.3 is 0 Å². The van der Waals surface area contributed by atoms with Gasteiger partial charge in [0.2, 0.25) is 5.91 Å². The Morgan fingerprint density at radius 1 is 1.42 bits per heavy atom. The van der Waals surface area contributed by atoms with Crippen LogP contribution in [0.4, 0.5) is 0 Å².